The summed E-state index contributed by atoms with van der Waals surface area (Å²) in [5, 5.41) is 0. The summed E-state index contributed by atoms with van der Waals surface area (Å²) in [6.45, 7) is 0.461. The van der Waals surface area contributed by atoms with Crippen molar-refractivity contribution in [3.8, 4) is 0 Å². The van der Waals surface area contributed by atoms with Crippen LogP contribution in [-0.2, 0) is 31.8 Å². The second-order valence-electron chi connectivity index (χ2n) is 7.46. The number of sulfone groups is 2. The molecule has 1 aliphatic heterocycles. The zero-order chi connectivity index (χ0) is 22.2. The molecule has 9 heteroatoms. The molecule has 0 saturated carbocycles. The zero-order valence-corrected chi connectivity index (χ0v) is 18.4. The van der Waals surface area contributed by atoms with Gasteiger partial charge in [0.05, 0.1) is 9.79 Å². The minimum absolute atomic E-state index is 0.0401. The van der Waals surface area contributed by atoms with E-state index in [1.807, 2.05) is 0 Å². The van der Waals surface area contributed by atoms with Gasteiger partial charge in [-0.25, -0.2) is 16.8 Å². The highest BCUT2D eigenvalue weighted by molar-refractivity contribution is 7.91. The SMILES string of the molecule is CS(=O)(=O)c1ccc2c(c1)CCCN2C(=O)c1ccc(CS(=O)(=O)c2ccccc2)o1. The first-order valence-electron chi connectivity index (χ1n) is 9.66. The van der Waals surface area contributed by atoms with Crippen molar-refractivity contribution in [2.45, 2.75) is 28.4 Å². The Kier molecular flexibility index (Phi) is 5.49. The molecule has 1 aliphatic rings. The van der Waals surface area contributed by atoms with Gasteiger partial charge in [-0.05, 0) is 60.9 Å². The van der Waals surface area contributed by atoms with Crippen LogP contribution in [0.2, 0.25) is 0 Å². The van der Waals surface area contributed by atoms with Gasteiger partial charge in [-0.15, -0.1) is 0 Å². The molecule has 0 fully saturated rings. The van der Waals surface area contributed by atoms with E-state index in [1.54, 1.807) is 35.2 Å². The number of hydrogen-bond donors (Lipinski definition) is 0. The predicted octanol–water partition coefficient (Wildman–Crippen LogP) is 3.25. The number of hydrogen-bond acceptors (Lipinski definition) is 6. The molecule has 0 N–H and O–H groups in total. The van der Waals surface area contributed by atoms with Crippen molar-refractivity contribution < 1.29 is 26.0 Å². The second-order valence-corrected chi connectivity index (χ2v) is 11.5. The molecule has 0 bridgehead atoms. The largest absolute Gasteiger partial charge is 0.455 e. The minimum atomic E-state index is -3.59. The van der Waals surface area contributed by atoms with Gasteiger partial charge < -0.3 is 9.32 Å². The molecular formula is C22H21NO6S2. The summed E-state index contributed by atoms with van der Waals surface area (Å²) < 4.78 is 54.4. The van der Waals surface area contributed by atoms with Crippen molar-refractivity contribution in [3.05, 3.63) is 77.7 Å². The number of anilines is 1. The van der Waals surface area contributed by atoms with Gasteiger partial charge in [-0.2, -0.15) is 0 Å². The normalized spacial score (nSPS) is 14.3. The number of fused-ring (bicyclic) bond motifs is 1. The minimum Gasteiger partial charge on any atom is -0.455 e. The third kappa shape index (κ3) is 4.42. The van der Waals surface area contributed by atoms with Crippen molar-refractivity contribution in [1.82, 2.24) is 0 Å². The van der Waals surface area contributed by atoms with Gasteiger partial charge >= 0.3 is 0 Å². The van der Waals surface area contributed by atoms with Gasteiger partial charge in [-0.1, -0.05) is 18.2 Å². The summed E-state index contributed by atoms with van der Waals surface area (Å²) in [6.07, 6.45) is 2.50. The van der Waals surface area contributed by atoms with E-state index in [2.05, 4.69) is 0 Å². The standard InChI is InChI=1S/C22H21NO6S2/c1-30(25,26)19-10-11-20-16(14-19)6-5-13-23(20)22(24)21-12-9-17(29-21)15-31(27,28)18-7-3-2-4-8-18/h2-4,7-12,14H,5-6,13,15H2,1H3. The monoisotopic (exact) mass is 459 g/mol. The first kappa shape index (κ1) is 21.3. The fourth-order valence-corrected chi connectivity index (χ4v) is 5.56. The first-order chi connectivity index (χ1) is 14.6. The summed E-state index contributed by atoms with van der Waals surface area (Å²) >= 11 is 0. The summed E-state index contributed by atoms with van der Waals surface area (Å²) in [5.74, 6) is -0.523. The van der Waals surface area contributed by atoms with Crippen LogP contribution in [0.3, 0.4) is 0 Å². The molecule has 0 aliphatic carbocycles. The molecule has 0 spiro atoms. The van der Waals surface area contributed by atoms with Gasteiger partial charge in [-0.3, -0.25) is 4.79 Å². The average Bonchev–Trinajstić information content (AvgIpc) is 3.20. The molecule has 0 atom stereocenters. The molecule has 1 aromatic heterocycles. The topological polar surface area (TPSA) is 102 Å². The zero-order valence-electron chi connectivity index (χ0n) is 16.8. The van der Waals surface area contributed by atoms with Crippen LogP contribution in [0.4, 0.5) is 5.69 Å². The fourth-order valence-electron chi connectivity index (χ4n) is 3.62. The van der Waals surface area contributed by atoms with Crippen molar-refractivity contribution in [3.63, 3.8) is 0 Å². The number of benzene rings is 2. The van der Waals surface area contributed by atoms with Crippen LogP contribution < -0.4 is 4.90 Å². The number of carbonyl (C=O) groups is 1. The lowest BCUT2D eigenvalue weighted by Crippen LogP contribution is -2.35. The van der Waals surface area contributed by atoms with E-state index in [1.165, 1.54) is 30.3 Å². The fraction of sp³-hybridized carbons (Fsp3) is 0.227. The molecule has 7 nitrogen and oxygen atoms in total. The van der Waals surface area contributed by atoms with Gasteiger partial charge in [0.25, 0.3) is 5.91 Å². The molecule has 2 heterocycles. The van der Waals surface area contributed by atoms with Crippen LogP contribution in [0.15, 0.2) is 74.9 Å². The molecule has 0 unspecified atom stereocenters. The Morgan fingerprint density at radius 1 is 0.968 bits per heavy atom. The lowest BCUT2D eigenvalue weighted by molar-refractivity contribution is 0.0957. The number of furan rings is 1. The van der Waals surface area contributed by atoms with Crippen molar-refractivity contribution in [2.24, 2.45) is 0 Å². The smallest absolute Gasteiger partial charge is 0.293 e. The van der Waals surface area contributed by atoms with Gasteiger partial charge in [0.1, 0.15) is 11.5 Å². The van der Waals surface area contributed by atoms with Crippen molar-refractivity contribution in [2.75, 3.05) is 17.7 Å². The Hall–Kier alpha value is -2.91. The summed E-state index contributed by atoms with van der Waals surface area (Å²) in [6, 6.07) is 15.7. The maximum Gasteiger partial charge on any atom is 0.293 e. The van der Waals surface area contributed by atoms with Crippen LogP contribution in [0.1, 0.15) is 28.3 Å². The third-order valence-corrected chi connectivity index (χ3v) is 7.92. The molecular weight excluding hydrogens is 438 g/mol. The van der Waals surface area contributed by atoms with Crippen LogP contribution in [-0.4, -0.2) is 35.5 Å². The number of aryl methyl sites for hydroxylation is 1. The average molecular weight is 460 g/mol. The van der Waals surface area contributed by atoms with Crippen LogP contribution in [0.5, 0.6) is 0 Å². The Balaban J connectivity index is 1.58. The van der Waals surface area contributed by atoms with Gasteiger partial charge in [0.2, 0.25) is 0 Å². The van der Waals surface area contributed by atoms with E-state index in [9.17, 15) is 21.6 Å². The van der Waals surface area contributed by atoms with Crippen molar-refractivity contribution in [1.29, 1.82) is 0 Å². The third-order valence-electron chi connectivity index (χ3n) is 5.15. The Bertz CT molecular complexity index is 1340. The number of carbonyl (C=O) groups excluding carboxylic acids is 1. The maximum absolute atomic E-state index is 13.1. The molecule has 162 valence electrons. The van der Waals surface area contributed by atoms with E-state index < -0.39 is 25.6 Å². The van der Waals surface area contributed by atoms with E-state index >= 15 is 0 Å². The Labute approximate surface area is 181 Å². The predicted molar refractivity (Wildman–Crippen MR) is 116 cm³/mol. The van der Waals surface area contributed by atoms with Gasteiger partial charge in [0.15, 0.2) is 25.4 Å². The van der Waals surface area contributed by atoms with Crippen LogP contribution >= 0.6 is 0 Å². The lowest BCUT2D eigenvalue weighted by Gasteiger charge is -2.29. The molecule has 0 radical (unpaired) electrons. The Morgan fingerprint density at radius 2 is 1.71 bits per heavy atom. The van der Waals surface area contributed by atoms with Gasteiger partial charge in [0, 0.05) is 18.5 Å². The van der Waals surface area contributed by atoms with E-state index in [0.29, 0.717) is 25.1 Å². The molecule has 31 heavy (non-hydrogen) atoms. The Morgan fingerprint density at radius 3 is 2.42 bits per heavy atom. The summed E-state index contributed by atoms with van der Waals surface area (Å²) in [5.41, 5.74) is 1.42. The van der Waals surface area contributed by atoms with Crippen molar-refractivity contribution >= 4 is 31.3 Å². The molecule has 1 amide bonds. The molecule has 4 rings (SSSR count). The van der Waals surface area contributed by atoms with Crippen LogP contribution in [0.25, 0.3) is 0 Å². The van der Waals surface area contributed by atoms with E-state index in [0.717, 1.165) is 11.8 Å². The first-order valence-corrected chi connectivity index (χ1v) is 13.2. The molecule has 3 aromatic rings. The van der Waals surface area contributed by atoms with E-state index in [-0.39, 0.29) is 27.1 Å². The van der Waals surface area contributed by atoms with E-state index in [4.69, 9.17) is 4.42 Å². The highest BCUT2D eigenvalue weighted by Gasteiger charge is 2.27. The quantitative estimate of drug-likeness (QED) is 0.580. The highest BCUT2D eigenvalue weighted by Crippen LogP contribution is 2.31. The lowest BCUT2D eigenvalue weighted by atomic mass is 10.0. The maximum atomic E-state index is 13.1. The number of rotatable bonds is 5. The summed E-state index contributed by atoms with van der Waals surface area (Å²) in [7, 11) is -6.94. The second kappa shape index (κ2) is 7.97. The van der Waals surface area contributed by atoms with Crippen LogP contribution in [0, 0.1) is 0 Å². The molecule has 0 saturated heterocycles. The number of amides is 1. The highest BCUT2D eigenvalue weighted by atomic mass is 32.2. The summed E-state index contributed by atoms with van der Waals surface area (Å²) in [4.78, 5) is 15.0. The number of nitrogens with zero attached hydrogens (tertiary/aromatic N) is 1. The molecule has 2 aromatic carbocycles.